The summed E-state index contributed by atoms with van der Waals surface area (Å²) in [7, 11) is 0. The van der Waals surface area contributed by atoms with Crippen LogP contribution in [0.5, 0.6) is 11.5 Å². The number of nitrogens with zero attached hydrogens (tertiary/aromatic N) is 1. The molecule has 1 fully saturated rings. The summed E-state index contributed by atoms with van der Waals surface area (Å²) in [6.45, 7) is -0.269. The van der Waals surface area contributed by atoms with Gasteiger partial charge in [0.25, 0.3) is 0 Å². The number of ketones is 2. The van der Waals surface area contributed by atoms with Crippen molar-refractivity contribution in [1.82, 2.24) is 4.98 Å². The first-order valence-electron chi connectivity index (χ1n) is 11.1. The minimum atomic E-state index is -4.88. The topological polar surface area (TPSA) is 126 Å². The molecule has 1 saturated heterocycles. The van der Waals surface area contributed by atoms with Crippen molar-refractivity contribution < 1.29 is 47.6 Å². The van der Waals surface area contributed by atoms with E-state index in [4.69, 9.17) is 9.47 Å². The molecule has 0 saturated carbocycles. The number of halogens is 3. The SMILES string of the molecule is O=C1c2ccccc2C(=O)c2c1c(O)c(OCCC1CC(O)[C@H](O)C(C(F)(F)F)O1)c1ncccc21. The van der Waals surface area contributed by atoms with Crippen molar-refractivity contribution in [2.75, 3.05) is 6.61 Å². The number of carbonyl (C=O) groups is 2. The molecule has 8 nitrogen and oxygen atoms in total. The van der Waals surface area contributed by atoms with E-state index in [0.717, 1.165) is 0 Å². The molecule has 3 unspecified atom stereocenters. The van der Waals surface area contributed by atoms with Gasteiger partial charge < -0.3 is 24.8 Å². The number of carbonyl (C=O) groups excluding carboxylic acids is 2. The predicted octanol–water partition coefficient (Wildman–Crippen LogP) is 2.93. The van der Waals surface area contributed by atoms with E-state index >= 15 is 0 Å². The van der Waals surface area contributed by atoms with Crippen molar-refractivity contribution in [2.45, 2.75) is 43.4 Å². The van der Waals surface area contributed by atoms with Gasteiger partial charge in [-0.1, -0.05) is 30.3 Å². The molecule has 1 aliphatic heterocycles. The number of aromatic hydroxyl groups is 1. The van der Waals surface area contributed by atoms with Crippen molar-refractivity contribution in [1.29, 1.82) is 0 Å². The lowest BCUT2D eigenvalue weighted by atomic mass is 9.81. The lowest BCUT2D eigenvalue weighted by molar-refractivity contribution is -0.290. The van der Waals surface area contributed by atoms with E-state index in [1.807, 2.05) is 0 Å². The number of phenols is 1. The Morgan fingerprint density at radius 2 is 1.69 bits per heavy atom. The predicted molar refractivity (Wildman–Crippen MR) is 118 cm³/mol. The van der Waals surface area contributed by atoms with E-state index in [1.165, 1.54) is 18.3 Å². The number of ether oxygens (including phenoxy) is 2. The third-order valence-corrected chi connectivity index (χ3v) is 6.42. The van der Waals surface area contributed by atoms with Gasteiger partial charge in [0.2, 0.25) is 0 Å². The average molecular weight is 503 g/mol. The van der Waals surface area contributed by atoms with Crippen LogP contribution >= 0.6 is 0 Å². The van der Waals surface area contributed by atoms with Gasteiger partial charge in [0.15, 0.2) is 29.2 Å². The first kappa shape index (κ1) is 24.2. The van der Waals surface area contributed by atoms with Gasteiger partial charge in [0.05, 0.1) is 24.4 Å². The summed E-state index contributed by atoms with van der Waals surface area (Å²) in [6, 6.07) is 9.33. The Hall–Kier alpha value is -3.54. The Kier molecular flexibility index (Phi) is 5.93. The molecule has 2 aliphatic rings. The highest BCUT2D eigenvalue weighted by atomic mass is 19.4. The normalized spacial score (nSPS) is 23.9. The molecule has 188 valence electrons. The minimum Gasteiger partial charge on any atom is -0.504 e. The van der Waals surface area contributed by atoms with Crippen LogP contribution in [-0.2, 0) is 4.74 Å². The quantitative estimate of drug-likeness (QED) is 0.388. The molecule has 11 heteroatoms. The Morgan fingerprint density at radius 1 is 1.03 bits per heavy atom. The van der Waals surface area contributed by atoms with Gasteiger partial charge in [-0.2, -0.15) is 13.2 Å². The van der Waals surface area contributed by atoms with Crippen LogP contribution in [0.25, 0.3) is 10.9 Å². The molecule has 1 aromatic heterocycles. The van der Waals surface area contributed by atoms with Crippen LogP contribution in [0.2, 0.25) is 0 Å². The van der Waals surface area contributed by atoms with E-state index in [1.54, 1.807) is 24.3 Å². The molecule has 2 heterocycles. The highest BCUT2D eigenvalue weighted by Crippen LogP contribution is 2.44. The molecule has 1 aliphatic carbocycles. The minimum absolute atomic E-state index is 0.00704. The number of aromatic nitrogens is 1. The van der Waals surface area contributed by atoms with Crippen LogP contribution in [0.3, 0.4) is 0 Å². The molecule has 5 rings (SSSR count). The number of hydrogen-bond donors (Lipinski definition) is 3. The number of fused-ring (bicyclic) bond motifs is 4. The van der Waals surface area contributed by atoms with Gasteiger partial charge in [-0.15, -0.1) is 0 Å². The van der Waals surface area contributed by atoms with Gasteiger partial charge in [-0.05, 0) is 6.07 Å². The summed E-state index contributed by atoms with van der Waals surface area (Å²) < 4.78 is 50.1. The largest absolute Gasteiger partial charge is 0.504 e. The molecule has 3 N–H and O–H groups in total. The first-order chi connectivity index (χ1) is 17.1. The standard InChI is InChI=1S/C25H20F3NO7/c26-25(27,28)24-21(33)15(30)10-11(36-24)7-9-35-23-18-14(6-3-8-29-18)16-17(22(23)34)20(32)13-5-2-1-4-12(13)19(16)31/h1-6,8,11,15,21,24,30,33-34H,7,9-10H2/t11?,15?,21-,24?/m0/s1. The van der Waals surface area contributed by atoms with Gasteiger partial charge in [-0.25, -0.2) is 0 Å². The van der Waals surface area contributed by atoms with Crippen molar-refractivity contribution in [3.8, 4) is 11.5 Å². The second kappa shape index (κ2) is 8.84. The van der Waals surface area contributed by atoms with Gasteiger partial charge in [-0.3, -0.25) is 14.6 Å². The summed E-state index contributed by atoms with van der Waals surface area (Å²) in [6.07, 6.45) is -11.2. The van der Waals surface area contributed by atoms with Gasteiger partial charge >= 0.3 is 6.18 Å². The lowest BCUT2D eigenvalue weighted by Gasteiger charge is -2.38. The number of aliphatic hydroxyl groups excluding tert-OH is 2. The number of alkyl halides is 3. The highest BCUT2D eigenvalue weighted by Gasteiger charge is 2.51. The summed E-state index contributed by atoms with van der Waals surface area (Å²) in [5.74, 6) is -1.83. The fourth-order valence-electron chi connectivity index (χ4n) is 4.71. The monoisotopic (exact) mass is 503 g/mol. The highest BCUT2D eigenvalue weighted by molar-refractivity contribution is 6.33. The Morgan fingerprint density at radius 3 is 2.36 bits per heavy atom. The molecular weight excluding hydrogens is 483 g/mol. The Balaban J connectivity index is 1.46. The number of hydrogen-bond acceptors (Lipinski definition) is 8. The molecule has 36 heavy (non-hydrogen) atoms. The second-order valence-corrected chi connectivity index (χ2v) is 8.68. The van der Waals surface area contributed by atoms with E-state index in [-0.39, 0.29) is 58.4 Å². The summed E-state index contributed by atoms with van der Waals surface area (Å²) >= 11 is 0. The molecule has 2 aromatic carbocycles. The van der Waals surface area contributed by atoms with E-state index in [2.05, 4.69) is 4.98 Å². The fraction of sp³-hybridized carbons (Fsp3) is 0.320. The third-order valence-electron chi connectivity index (χ3n) is 6.42. The van der Waals surface area contributed by atoms with Crippen molar-refractivity contribution in [2.24, 2.45) is 0 Å². The van der Waals surface area contributed by atoms with Crippen LogP contribution in [0.1, 0.15) is 44.7 Å². The van der Waals surface area contributed by atoms with Crippen LogP contribution in [-0.4, -0.2) is 69.1 Å². The maximum absolute atomic E-state index is 13.2. The zero-order valence-corrected chi connectivity index (χ0v) is 18.5. The first-order valence-corrected chi connectivity index (χ1v) is 11.1. The molecule has 0 radical (unpaired) electrons. The maximum atomic E-state index is 13.2. The zero-order valence-electron chi connectivity index (χ0n) is 18.5. The molecule has 0 amide bonds. The number of benzene rings is 2. The molecule has 3 aromatic rings. The molecule has 0 bridgehead atoms. The maximum Gasteiger partial charge on any atom is 0.417 e. The Bertz CT molecular complexity index is 1370. The van der Waals surface area contributed by atoms with E-state index in [0.29, 0.717) is 0 Å². The molecular formula is C25H20F3NO7. The average Bonchev–Trinajstić information content (AvgIpc) is 2.84. The Labute approximate surface area is 201 Å². The number of aliphatic hydroxyl groups is 2. The van der Waals surface area contributed by atoms with Crippen molar-refractivity contribution >= 4 is 22.5 Å². The smallest absolute Gasteiger partial charge is 0.417 e. The second-order valence-electron chi connectivity index (χ2n) is 8.68. The van der Waals surface area contributed by atoms with Crippen molar-refractivity contribution in [3.05, 3.63) is 64.8 Å². The number of rotatable bonds is 4. The van der Waals surface area contributed by atoms with Gasteiger partial charge in [0.1, 0.15) is 11.6 Å². The number of phenolic OH excluding ortho intramolecular Hbond substituents is 1. The third kappa shape index (κ3) is 3.89. The summed E-state index contributed by atoms with van der Waals surface area (Å²) in [4.78, 5) is 30.7. The number of pyridine rings is 1. The molecule has 0 spiro atoms. The lowest BCUT2D eigenvalue weighted by Crippen LogP contribution is -2.54. The zero-order chi connectivity index (χ0) is 25.8. The van der Waals surface area contributed by atoms with Crippen molar-refractivity contribution in [3.63, 3.8) is 0 Å². The van der Waals surface area contributed by atoms with Crippen LogP contribution in [0.4, 0.5) is 13.2 Å². The van der Waals surface area contributed by atoms with E-state index in [9.17, 15) is 38.1 Å². The summed E-state index contributed by atoms with van der Waals surface area (Å²) in [5, 5.41) is 30.8. The van der Waals surface area contributed by atoms with Crippen LogP contribution in [0.15, 0.2) is 42.6 Å². The van der Waals surface area contributed by atoms with Crippen LogP contribution in [0, 0.1) is 0 Å². The van der Waals surface area contributed by atoms with Crippen LogP contribution < -0.4 is 4.74 Å². The van der Waals surface area contributed by atoms with Gasteiger partial charge in [0, 0.05) is 41.1 Å². The summed E-state index contributed by atoms with van der Waals surface area (Å²) in [5.41, 5.74) is 0.178. The molecule has 4 atom stereocenters. The fourth-order valence-corrected chi connectivity index (χ4v) is 4.71. The van der Waals surface area contributed by atoms with E-state index < -0.39 is 47.9 Å².